The first-order chi connectivity index (χ1) is 19.7. The van der Waals surface area contributed by atoms with Gasteiger partial charge in [-0.15, -0.1) is 0 Å². The van der Waals surface area contributed by atoms with Gasteiger partial charge in [0.1, 0.15) is 17.9 Å². The van der Waals surface area contributed by atoms with Crippen LogP contribution in [0.15, 0.2) is 82.2 Å². The maximum Gasteiger partial charge on any atom is 0.270 e. The van der Waals surface area contributed by atoms with Crippen molar-refractivity contribution in [2.45, 2.75) is 13.1 Å². The molecule has 0 atom stereocenters. The predicted octanol–water partition coefficient (Wildman–Crippen LogP) is 4.81. The van der Waals surface area contributed by atoms with Crippen LogP contribution >= 0.6 is 11.6 Å². The lowest BCUT2D eigenvalue weighted by Gasteiger charge is -2.28. The molecular weight excluding hydrogens is 557 g/mol. The lowest BCUT2D eigenvalue weighted by molar-refractivity contribution is -0.384. The van der Waals surface area contributed by atoms with Crippen molar-refractivity contribution in [3.63, 3.8) is 0 Å². The summed E-state index contributed by atoms with van der Waals surface area (Å²) in [5, 5.41) is 11.3. The fraction of sp³-hybridized carbons (Fsp3) is 0.207. The molecule has 0 fully saturated rings. The molecule has 2 amide bonds. The maximum absolute atomic E-state index is 13.7. The Hall–Kier alpha value is -4.61. The first-order valence-electron chi connectivity index (χ1n) is 12.4. The Morgan fingerprint density at radius 2 is 1.78 bits per heavy atom. The largest absolute Gasteiger partial charge is 0.464 e. The lowest BCUT2D eigenvalue weighted by Crippen LogP contribution is -2.44. The summed E-state index contributed by atoms with van der Waals surface area (Å²) in [6.07, 6.45) is 1.29. The van der Waals surface area contributed by atoms with Gasteiger partial charge in [-0.1, -0.05) is 35.9 Å². The van der Waals surface area contributed by atoms with Gasteiger partial charge in [0, 0.05) is 32.3 Å². The Morgan fingerprint density at radius 1 is 1.05 bits per heavy atom. The number of hydrogen-bond donors (Lipinski definition) is 0. The fourth-order valence-electron chi connectivity index (χ4n) is 4.15. The number of carbonyl (C=O) groups excluding carboxylic acids is 2. The van der Waals surface area contributed by atoms with Gasteiger partial charge in [0.15, 0.2) is 5.43 Å². The van der Waals surface area contributed by atoms with Gasteiger partial charge in [0.2, 0.25) is 5.91 Å². The number of ether oxygens (including phenoxy) is 1. The van der Waals surface area contributed by atoms with E-state index < -0.39 is 29.1 Å². The van der Waals surface area contributed by atoms with E-state index in [0.29, 0.717) is 16.5 Å². The number of carbonyl (C=O) groups is 2. The smallest absolute Gasteiger partial charge is 0.270 e. The van der Waals surface area contributed by atoms with E-state index in [0.717, 1.165) is 12.1 Å². The van der Waals surface area contributed by atoms with Crippen LogP contribution < -0.4 is 5.43 Å². The highest BCUT2D eigenvalue weighted by Gasteiger charge is 2.26. The van der Waals surface area contributed by atoms with E-state index >= 15 is 0 Å². The topological polar surface area (TPSA) is 123 Å². The van der Waals surface area contributed by atoms with Crippen molar-refractivity contribution in [1.82, 2.24) is 9.80 Å². The number of amides is 2. The zero-order valence-electron chi connectivity index (χ0n) is 21.9. The molecule has 1 heterocycles. The number of rotatable bonds is 11. The number of benzene rings is 3. The summed E-state index contributed by atoms with van der Waals surface area (Å²) in [6.45, 7) is -0.452. The second kappa shape index (κ2) is 13.2. The Labute approximate surface area is 238 Å². The third kappa shape index (κ3) is 7.13. The summed E-state index contributed by atoms with van der Waals surface area (Å²) >= 11 is 6.18. The minimum atomic E-state index is -0.637. The molecule has 0 saturated carbocycles. The van der Waals surface area contributed by atoms with Gasteiger partial charge >= 0.3 is 0 Å². The van der Waals surface area contributed by atoms with Gasteiger partial charge in [0.05, 0.1) is 45.9 Å². The van der Waals surface area contributed by atoms with E-state index in [2.05, 4.69) is 0 Å². The van der Waals surface area contributed by atoms with Gasteiger partial charge in [0.25, 0.3) is 11.6 Å². The number of halogens is 2. The fourth-order valence-corrected chi connectivity index (χ4v) is 4.41. The van der Waals surface area contributed by atoms with Crippen LogP contribution in [0, 0.1) is 15.9 Å². The van der Waals surface area contributed by atoms with Crippen molar-refractivity contribution in [2.24, 2.45) is 0 Å². The predicted molar refractivity (Wildman–Crippen MR) is 149 cm³/mol. The number of para-hydroxylation sites is 1. The average molecular weight is 582 g/mol. The monoisotopic (exact) mass is 581 g/mol. The summed E-state index contributed by atoms with van der Waals surface area (Å²) < 4.78 is 24.3. The van der Waals surface area contributed by atoms with Crippen molar-refractivity contribution in [1.29, 1.82) is 0 Å². The zero-order chi connectivity index (χ0) is 29.5. The Bertz CT molecular complexity index is 1640. The summed E-state index contributed by atoms with van der Waals surface area (Å²) in [5.41, 5.74) is 0.584. The van der Waals surface area contributed by atoms with Crippen LogP contribution in [0.2, 0.25) is 5.02 Å². The second-order valence-electron chi connectivity index (χ2n) is 9.10. The van der Waals surface area contributed by atoms with Crippen molar-refractivity contribution in [3.8, 4) is 0 Å². The summed E-state index contributed by atoms with van der Waals surface area (Å²) in [5.74, 6) is -1.61. The molecule has 1 aromatic heterocycles. The number of non-ortho nitro benzene ring substituents is 1. The van der Waals surface area contributed by atoms with Crippen LogP contribution in [-0.4, -0.2) is 53.3 Å². The standard InChI is InChI=1S/C29H25ClFN3O7/c1-40-13-12-32(29(37)23-11-10-22(34(38)39)14-25(23)30)17-27(35)33(15-19-6-8-21(31)9-7-19)16-20-18-41-26-5-3-2-4-24(26)28(20)36/h2-11,14,18H,12-13,15-17H2,1H3. The number of fused-ring (bicyclic) bond motifs is 1. The van der Waals surface area contributed by atoms with Gasteiger partial charge in [-0.3, -0.25) is 24.5 Å². The molecule has 0 saturated heterocycles. The number of nitro groups is 1. The summed E-state index contributed by atoms with van der Waals surface area (Å²) in [7, 11) is 1.43. The SMILES string of the molecule is COCCN(CC(=O)N(Cc1ccc(F)cc1)Cc1coc2ccccc2c1=O)C(=O)c1ccc([N+](=O)[O-])cc1Cl. The Kier molecular flexibility index (Phi) is 9.43. The van der Waals surface area contributed by atoms with Crippen molar-refractivity contribution >= 4 is 40.1 Å². The quantitative estimate of drug-likeness (QED) is 0.184. The van der Waals surface area contributed by atoms with Crippen LogP contribution in [0.3, 0.4) is 0 Å². The lowest BCUT2D eigenvalue weighted by atomic mass is 10.1. The molecule has 0 bridgehead atoms. The van der Waals surface area contributed by atoms with E-state index in [1.165, 1.54) is 53.5 Å². The Morgan fingerprint density at radius 3 is 2.46 bits per heavy atom. The highest BCUT2D eigenvalue weighted by atomic mass is 35.5. The first-order valence-corrected chi connectivity index (χ1v) is 12.8. The third-order valence-corrected chi connectivity index (χ3v) is 6.64. The molecule has 4 aromatic rings. The molecule has 41 heavy (non-hydrogen) atoms. The number of hydrogen-bond acceptors (Lipinski definition) is 7. The minimum Gasteiger partial charge on any atom is -0.464 e. The van der Waals surface area contributed by atoms with Gasteiger partial charge < -0.3 is 19.0 Å². The van der Waals surface area contributed by atoms with E-state index in [-0.39, 0.29) is 53.5 Å². The van der Waals surface area contributed by atoms with Crippen molar-refractivity contribution in [3.05, 3.63) is 121 Å². The normalized spacial score (nSPS) is 10.9. The zero-order valence-corrected chi connectivity index (χ0v) is 22.7. The molecule has 0 unspecified atom stereocenters. The molecule has 3 aromatic carbocycles. The maximum atomic E-state index is 13.7. The number of nitrogens with zero attached hydrogens (tertiary/aromatic N) is 3. The van der Waals surface area contributed by atoms with Crippen molar-refractivity contribution in [2.75, 3.05) is 26.8 Å². The van der Waals surface area contributed by atoms with Crippen LogP contribution in [0.4, 0.5) is 10.1 Å². The van der Waals surface area contributed by atoms with Crippen molar-refractivity contribution < 1.29 is 28.1 Å². The van der Waals surface area contributed by atoms with Gasteiger partial charge in [-0.25, -0.2) is 4.39 Å². The van der Waals surface area contributed by atoms with Crippen LogP contribution in [0.25, 0.3) is 11.0 Å². The van der Waals surface area contributed by atoms with Gasteiger partial charge in [-0.2, -0.15) is 0 Å². The van der Waals surface area contributed by atoms with Gasteiger partial charge in [-0.05, 0) is 35.9 Å². The molecule has 10 nitrogen and oxygen atoms in total. The molecule has 0 aliphatic heterocycles. The number of nitro benzene ring substituents is 1. The molecule has 0 aliphatic rings. The molecule has 0 N–H and O–H groups in total. The molecule has 212 valence electrons. The minimum absolute atomic E-state index is 0.00990. The Balaban J connectivity index is 1.64. The highest BCUT2D eigenvalue weighted by Crippen LogP contribution is 2.24. The third-order valence-electron chi connectivity index (χ3n) is 6.32. The summed E-state index contributed by atoms with van der Waals surface area (Å²) in [4.78, 5) is 53.3. The molecular formula is C29H25ClFN3O7. The summed E-state index contributed by atoms with van der Waals surface area (Å²) in [6, 6.07) is 15.7. The van der Waals surface area contributed by atoms with Crippen LogP contribution in [0.5, 0.6) is 0 Å². The molecule has 0 spiro atoms. The van der Waals surface area contributed by atoms with Crippen LogP contribution in [-0.2, 0) is 22.6 Å². The molecule has 12 heteroatoms. The van der Waals surface area contributed by atoms with Crippen LogP contribution in [0.1, 0.15) is 21.5 Å². The molecule has 4 rings (SSSR count). The van der Waals surface area contributed by atoms with E-state index in [4.69, 9.17) is 20.8 Å². The van der Waals surface area contributed by atoms with E-state index in [1.807, 2.05) is 0 Å². The first kappa shape index (κ1) is 29.4. The second-order valence-corrected chi connectivity index (χ2v) is 9.51. The molecule has 0 radical (unpaired) electrons. The number of methoxy groups -OCH3 is 1. The average Bonchev–Trinajstić information content (AvgIpc) is 2.96. The van der Waals surface area contributed by atoms with E-state index in [9.17, 15) is 28.9 Å². The highest BCUT2D eigenvalue weighted by molar-refractivity contribution is 6.34. The molecule has 0 aliphatic carbocycles. The van der Waals surface area contributed by atoms with E-state index in [1.54, 1.807) is 24.3 Å².